The second-order valence-electron chi connectivity index (χ2n) is 6.97. The lowest BCUT2D eigenvalue weighted by Crippen LogP contribution is -2.48. The number of para-hydroxylation sites is 1. The molecule has 0 aliphatic carbocycles. The predicted molar refractivity (Wildman–Crippen MR) is 108 cm³/mol. The molecule has 0 radical (unpaired) electrons. The van der Waals surface area contributed by atoms with Crippen molar-refractivity contribution in [3.05, 3.63) is 77.6 Å². The molecule has 2 heterocycles. The van der Waals surface area contributed by atoms with E-state index in [2.05, 4.69) is 10.4 Å². The lowest BCUT2D eigenvalue weighted by molar-refractivity contribution is 0.0631. The first-order valence-corrected chi connectivity index (χ1v) is 9.43. The molecule has 6 heteroatoms. The zero-order valence-corrected chi connectivity index (χ0v) is 16.1. The number of rotatable bonds is 4. The minimum atomic E-state index is -0.0640. The minimum absolute atomic E-state index is 0.0283. The Labute approximate surface area is 164 Å². The molecule has 1 fully saturated rings. The Morgan fingerprint density at radius 3 is 2.68 bits per heavy atom. The Hall–Kier alpha value is -3.12. The van der Waals surface area contributed by atoms with Crippen molar-refractivity contribution in [1.82, 2.24) is 20.0 Å². The van der Waals surface area contributed by atoms with Crippen LogP contribution in [-0.2, 0) is 0 Å². The monoisotopic (exact) mass is 376 g/mol. The summed E-state index contributed by atoms with van der Waals surface area (Å²) in [4.78, 5) is 15.2. The van der Waals surface area contributed by atoms with Gasteiger partial charge in [-0.05, 0) is 42.8 Å². The molecule has 0 saturated carbocycles. The zero-order valence-electron chi connectivity index (χ0n) is 16.1. The number of methoxy groups -OCH3 is 1. The zero-order chi connectivity index (χ0) is 19.5. The number of piperazine rings is 1. The fraction of sp³-hybridized carbons (Fsp3) is 0.273. The lowest BCUT2D eigenvalue weighted by atomic mass is 10.0. The minimum Gasteiger partial charge on any atom is -0.496 e. The average Bonchev–Trinajstić information content (AvgIpc) is 3.19. The van der Waals surface area contributed by atoms with Gasteiger partial charge in [-0.1, -0.05) is 18.2 Å². The first-order chi connectivity index (χ1) is 13.7. The summed E-state index contributed by atoms with van der Waals surface area (Å²) < 4.78 is 7.34. The third kappa shape index (κ3) is 3.51. The van der Waals surface area contributed by atoms with Crippen LogP contribution in [0, 0.1) is 6.92 Å². The molecule has 1 saturated heterocycles. The largest absolute Gasteiger partial charge is 0.496 e. The summed E-state index contributed by atoms with van der Waals surface area (Å²) >= 11 is 0. The molecule has 1 aromatic heterocycles. The summed E-state index contributed by atoms with van der Waals surface area (Å²) in [5.74, 6) is 0.832. The maximum absolute atomic E-state index is 13.3. The van der Waals surface area contributed by atoms with Crippen LogP contribution in [0.25, 0.3) is 5.69 Å². The van der Waals surface area contributed by atoms with Crippen LogP contribution < -0.4 is 10.1 Å². The van der Waals surface area contributed by atoms with E-state index in [0.717, 1.165) is 29.1 Å². The number of amides is 1. The summed E-state index contributed by atoms with van der Waals surface area (Å²) in [6.07, 6.45) is 3.78. The fourth-order valence-corrected chi connectivity index (χ4v) is 3.64. The van der Waals surface area contributed by atoms with Gasteiger partial charge in [0, 0.05) is 37.0 Å². The molecule has 1 unspecified atom stereocenters. The van der Waals surface area contributed by atoms with Gasteiger partial charge >= 0.3 is 0 Å². The highest BCUT2D eigenvalue weighted by atomic mass is 16.5. The van der Waals surface area contributed by atoms with E-state index in [-0.39, 0.29) is 11.9 Å². The molecule has 1 N–H and O–H groups in total. The third-order valence-corrected chi connectivity index (χ3v) is 5.09. The van der Waals surface area contributed by atoms with Gasteiger partial charge in [0.25, 0.3) is 5.91 Å². The van der Waals surface area contributed by atoms with Crippen LogP contribution >= 0.6 is 0 Å². The van der Waals surface area contributed by atoms with E-state index in [9.17, 15) is 4.79 Å². The lowest BCUT2D eigenvalue weighted by Gasteiger charge is -2.37. The summed E-state index contributed by atoms with van der Waals surface area (Å²) in [5, 5.41) is 7.71. The highest BCUT2D eigenvalue weighted by molar-refractivity contribution is 5.94. The molecular formula is C22H24N4O2. The summed E-state index contributed by atoms with van der Waals surface area (Å²) in [7, 11) is 1.66. The molecule has 0 spiro atoms. The molecule has 0 bridgehead atoms. The van der Waals surface area contributed by atoms with Gasteiger partial charge in [0.15, 0.2) is 0 Å². The number of nitrogens with one attached hydrogen (secondary N) is 1. The van der Waals surface area contributed by atoms with Gasteiger partial charge in [-0.2, -0.15) is 5.10 Å². The number of hydrogen-bond donors (Lipinski definition) is 1. The number of benzene rings is 2. The predicted octanol–water partition coefficient (Wildman–Crippen LogP) is 2.98. The number of carbonyl (C=O) groups is 1. The average molecular weight is 376 g/mol. The van der Waals surface area contributed by atoms with Gasteiger partial charge in [0.2, 0.25) is 0 Å². The molecule has 4 rings (SSSR count). The van der Waals surface area contributed by atoms with Gasteiger partial charge in [-0.15, -0.1) is 0 Å². The Morgan fingerprint density at radius 1 is 1.18 bits per heavy atom. The van der Waals surface area contributed by atoms with E-state index in [1.54, 1.807) is 7.11 Å². The number of carbonyl (C=O) groups excluding carboxylic acids is 1. The Kier molecular flexibility index (Phi) is 5.12. The van der Waals surface area contributed by atoms with Crippen LogP contribution in [0.5, 0.6) is 5.75 Å². The van der Waals surface area contributed by atoms with Crippen molar-refractivity contribution >= 4 is 5.91 Å². The Morgan fingerprint density at radius 2 is 1.96 bits per heavy atom. The smallest absolute Gasteiger partial charge is 0.254 e. The highest BCUT2D eigenvalue weighted by Gasteiger charge is 2.30. The Balaban J connectivity index is 1.60. The van der Waals surface area contributed by atoms with E-state index in [0.29, 0.717) is 18.7 Å². The van der Waals surface area contributed by atoms with Crippen LogP contribution in [0.2, 0.25) is 0 Å². The summed E-state index contributed by atoms with van der Waals surface area (Å²) in [6, 6.07) is 15.4. The van der Waals surface area contributed by atoms with Crippen LogP contribution in [0.4, 0.5) is 0 Å². The van der Waals surface area contributed by atoms with Crippen LogP contribution in [0.1, 0.15) is 27.5 Å². The normalized spacial score (nSPS) is 16.8. The van der Waals surface area contributed by atoms with Gasteiger partial charge in [-0.25, -0.2) is 4.68 Å². The van der Waals surface area contributed by atoms with E-state index < -0.39 is 0 Å². The Bertz CT molecular complexity index is 965. The van der Waals surface area contributed by atoms with Gasteiger partial charge < -0.3 is 15.0 Å². The van der Waals surface area contributed by atoms with E-state index in [1.165, 1.54) is 0 Å². The quantitative estimate of drug-likeness (QED) is 0.761. The first-order valence-electron chi connectivity index (χ1n) is 9.43. The van der Waals surface area contributed by atoms with Crippen molar-refractivity contribution in [2.45, 2.75) is 13.0 Å². The van der Waals surface area contributed by atoms with Gasteiger partial charge in [0.05, 0.1) is 25.0 Å². The molecule has 28 heavy (non-hydrogen) atoms. The second kappa shape index (κ2) is 7.86. The van der Waals surface area contributed by atoms with Crippen LogP contribution in [0.3, 0.4) is 0 Å². The highest BCUT2D eigenvalue weighted by Crippen LogP contribution is 2.31. The molecule has 3 aromatic rings. The van der Waals surface area contributed by atoms with E-state index >= 15 is 0 Å². The molecule has 1 aliphatic heterocycles. The third-order valence-electron chi connectivity index (χ3n) is 5.09. The first kappa shape index (κ1) is 18.3. The maximum atomic E-state index is 13.3. The second-order valence-corrected chi connectivity index (χ2v) is 6.97. The molecular weight excluding hydrogens is 352 g/mol. The van der Waals surface area contributed by atoms with Crippen molar-refractivity contribution in [2.24, 2.45) is 0 Å². The summed E-state index contributed by atoms with van der Waals surface area (Å²) in [5.41, 5.74) is 3.73. The number of hydrogen-bond acceptors (Lipinski definition) is 4. The van der Waals surface area contributed by atoms with Crippen molar-refractivity contribution in [1.29, 1.82) is 0 Å². The van der Waals surface area contributed by atoms with Crippen molar-refractivity contribution in [2.75, 3.05) is 26.7 Å². The van der Waals surface area contributed by atoms with Crippen molar-refractivity contribution in [3.63, 3.8) is 0 Å². The molecule has 6 nitrogen and oxygen atoms in total. The fourth-order valence-electron chi connectivity index (χ4n) is 3.64. The van der Waals surface area contributed by atoms with Crippen LogP contribution in [0.15, 0.2) is 60.9 Å². The standard InChI is InChI=1S/C22H24N4O2/c1-16-13-24-26(15-16)18-9-7-17(8-10-18)22(27)25-12-11-23-14-20(25)19-5-3-4-6-21(19)28-2/h3-10,13,15,20,23H,11-12,14H2,1-2H3. The SMILES string of the molecule is COc1ccccc1C1CNCCN1C(=O)c1ccc(-n2cc(C)cn2)cc1. The van der Waals surface area contributed by atoms with E-state index in [4.69, 9.17) is 4.74 Å². The summed E-state index contributed by atoms with van der Waals surface area (Å²) in [6.45, 7) is 4.14. The molecule has 1 atom stereocenters. The molecule has 144 valence electrons. The molecule has 1 amide bonds. The number of ether oxygens (including phenoxy) is 1. The number of aromatic nitrogens is 2. The maximum Gasteiger partial charge on any atom is 0.254 e. The number of nitrogens with zero attached hydrogens (tertiary/aromatic N) is 3. The van der Waals surface area contributed by atoms with Crippen molar-refractivity contribution in [3.8, 4) is 11.4 Å². The van der Waals surface area contributed by atoms with Gasteiger partial charge in [-0.3, -0.25) is 4.79 Å². The molecule has 2 aromatic carbocycles. The van der Waals surface area contributed by atoms with Crippen molar-refractivity contribution < 1.29 is 9.53 Å². The molecule has 1 aliphatic rings. The topological polar surface area (TPSA) is 59.4 Å². The van der Waals surface area contributed by atoms with Crippen LogP contribution in [-0.4, -0.2) is 47.3 Å². The van der Waals surface area contributed by atoms with Gasteiger partial charge in [0.1, 0.15) is 5.75 Å². The van der Waals surface area contributed by atoms with E-state index in [1.807, 2.05) is 77.4 Å². The number of aryl methyl sites for hydroxylation is 1.